The number of carbonyl (C=O) groups is 2. The highest BCUT2D eigenvalue weighted by atomic mass is 32.1. The fraction of sp³-hybridized carbons (Fsp3) is 0.455. The Balaban J connectivity index is 2.69. The summed E-state index contributed by atoms with van der Waals surface area (Å²) in [5, 5.41) is 3.45. The molecule has 1 aromatic heterocycles. The number of ether oxygens (including phenoxy) is 2. The number of thiophene rings is 1. The van der Waals surface area contributed by atoms with Gasteiger partial charge in [-0.15, -0.1) is 0 Å². The van der Waals surface area contributed by atoms with E-state index in [9.17, 15) is 9.59 Å². The van der Waals surface area contributed by atoms with Gasteiger partial charge in [-0.05, 0) is 17.4 Å². The predicted octanol–water partition coefficient (Wildman–Crippen LogP) is 2.03. The first-order chi connectivity index (χ1) is 7.69. The average Bonchev–Trinajstić information content (AvgIpc) is 2.73. The van der Waals surface area contributed by atoms with Crippen LogP contribution < -0.4 is 0 Å². The second kappa shape index (κ2) is 6.27. The molecule has 0 aromatic carbocycles. The highest BCUT2D eigenvalue weighted by Crippen LogP contribution is 2.17. The molecule has 1 heterocycles. The van der Waals surface area contributed by atoms with Crippen molar-refractivity contribution in [2.75, 3.05) is 13.7 Å². The normalized spacial score (nSPS) is 9.88. The molecule has 0 fully saturated rings. The van der Waals surface area contributed by atoms with Gasteiger partial charge in [0.2, 0.25) is 0 Å². The number of rotatable bonds is 5. The second-order valence-electron chi connectivity index (χ2n) is 3.20. The lowest BCUT2D eigenvalue weighted by Crippen LogP contribution is -2.10. The first kappa shape index (κ1) is 12.7. The lowest BCUT2D eigenvalue weighted by Gasteiger charge is -2.03. The van der Waals surface area contributed by atoms with E-state index in [1.165, 1.54) is 18.4 Å². The van der Waals surface area contributed by atoms with Crippen LogP contribution in [-0.2, 0) is 20.7 Å². The first-order valence-corrected chi connectivity index (χ1v) is 5.92. The largest absolute Gasteiger partial charge is 0.469 e. The Morgan fingerprint density at radius 3 is 2.75 bits per heavy atom. The molecule has 0 bridgehead atoms. The van der Waals surface area contributed by atoms with Gasteiger partial charge in [-0.1, -0.05) is 6.92 Å². The highest BCUT2D eigenvalue weighted by Gasteiger charge is 2.16. The van der Waals surface area contributed by atoms with E-state index in [0.29, 0.717) is 17.7 Å². The van der Waals surface area contributed by atoms with Crippen molar-refractivity contribution in [1.82, 2.24) is 0 Å². The molecule has 5 heteroatoms. The van der Waals surface area contributed by atoms with Crippen molar-refractivity contribution in [3.8, 4) is 0 Å². The van der Waals surface area contributed by atoms with E-state index in [2.05, 4.69) is 4.74 Å². The maximum absolute atomic E-state index is 11.6. The molecule has 0 amide bonds. The summed E-state index contributed by atoms with van der Waals surface area (Å²) in [4.78, 5) is 22.7. The standard InChI is InChI=1S/C11H14O4S/c1-3-4-15-11(13)9-7-16-6-8(9)5-10(12)14-2/h6-7H,3-5H2,1-2H3. The van der Waals surface area contributed by atoms with Crippen LogP contribution in [0.4, 0.5) is 0 Å². The van der Waals surface area contributed by atoms with Gasteiger partial charge in [-0.2, -0.15) is 11.3 Å². The van der Waals surface area contributed by atoms with Crippen LogP contribution in [0.25, 0.3) is 0 Å². The summed E-state index contributed by atoms with van der Waals surface area (Å²) in [5.74, 6) is -0.732. The number of esters is 2. The van der Waals surface area contributed by atoms with Gasteiger partial charge < -0.3 is 9.47 Å². The van der Waals surface area contributed by atoms with E-state index < -0.39 is 0 Å². The van der Waals surface area contributed by atoms with Crippen molar-refractivity contribution < 1.29 is 19.1 Å². The molecular weight excluding hydrogens is 228 g/mol. The molecule has 0 saturated heterocycles. The Morgan fingerprint density at radius 1 is 1.38 bits per heavy atom. The zero-order valence-electron chi connectivity index (χ0n) is 9.32. The Hall–Kier alpha value is -1.36. The SMILES string of the molecule is CCCOC(=O)c1cscc1CC(=O)OC. The molecule has 0 radical (unpaired) electrons. The van der Waals surface area contributed by atoms with Crippen LogP contribution >= 0.6 is 11.3 Å². The van der Waals surface area contributed by atoms with E-state index in [1.54, 1.807) is 10.8 Å². The highest BCUT2D eigenvalue weighted by molar-refractivity contribution is 7.08. The molecule has 1 aromatic rings. The molecule has 0 aliphatic heterocycles. The molecule has 0 spiro atoms. The molecule has 0 N–H and O–H groups in total. The molecule has 1 rings (SSSR count). The van der Waals surface area contributed by atoms with E-state index in [1.807, 2.05) is 6.92 Å². The van der Waals surface area contributed by atoms with Crippen LogP contribution in [0.2, 0.25) is 0 Å². The monoisotopic (exact) mass is 242 g/mol. The van der Waals surface area contributed by atoms with Crippen molar-refractivity contribution in [3.63, 3.8) is 0 Å². The average molecular weight is 242 g/mol. The minimum atomic E-state index is -0.373. The molecule has 0 atom stereocenters. The summed E-state index contributed by atoms with van der Waals surface area (Å²) in [6, 6.07) is 0. The summed E-state index contributed by atoms with van der Waals surface area (Å²) >= 11 is 1.37. The Morgan fingerprint density at radius 2 is 2.12 bits per heavy atom. The van der Waals surface area contributed by atoms with Crippen LogP contribution in [-0.4, -0.2) is 25.7 Å². The molecule has 4 nitrogen and oxygen atoms in total. The fourth-order valence-electron chi connectivity index (χ4n) is 1.14. The van der Waals surface area contributed by atoms with Crippen LogP contribution in [0, 0.1) is 0 Å². The number of carbonyl (C=O) groups excluding carboxylic acids is 2. The van der Waals surface area contributed by atoms with Crippen molar-refractivity contribution in [1.29, 1.82) is 0 Å². The van der Waals surface area contributed by atoms with Crippen LogP contribution in [0.15, 0.2) is 10.8 Å². The minimum Gasteiger partial charge on any atom is -0.469 e. The Bertz CT molecular complexity index is 370. The summed E-state index contributed by atoms with van der Waals surface area (Å²) in [7, 11) is 1.32. The van der Waals surface area contributed by atoms with Crippen molar-refractivity contribution in [2.24, 2.45) is 0 Å². The molecule has 16 heavy (non-hydrogen) atoms. The van der Waals surface area contributed by atoms with Gasteiger partial charge in [0.25, 0.3) is 0 Å². The van der Waals surface area contributed by atoms with E-state index in [4.69, 9.17) is 4.74 Å². The van der Waals surface area contributed by atoms with Gasteiger partial charge in [0, 0.05) is 5.38 Å². The minimum absolute atomic E-state index is 0.108. The first-order valence-electron chi connectivity index (χ1n) is 4.98. The van der Waals surface area contributed by atoms with Crippen molar-refractivity contribution in [2.45, 2.75) is 19.8 Å². The van der Waals surface area contributed by atoms with Crippen molar-refractivity contribution >= 4 is 23.3 Å². The molecule has 0 aliphatic rings. The van der Waals surface area contributed by atoms with Crippen LogP contribution in [0.5, 0.6) is 0 Å². The molecule has 0 saturated carbocycles. The molecule has 0 aliphatic carbocycles. The van der Waals surface area contributed by atoms with E-state index in [-0.39, 0.29) is 18.4 Å². The Kier molecular flexibility index (Phi) is 4.98. The topological polar surface area (TPSA) is 52.6 Å². The van der Waals surface area contributed by atoms with Gasteiger partial charge in [-0.3, -0.25) is 4.79 Å². The third-order valence-electron chi connectivity index (χ3n) is 1.96. The van der Waals surface area contributed by atoms with Gasteiger partial charge >= 0.3 is 11.9 Å². The second-order valence-corrected chi connectivity index (χ2v) is 3.94. The number of methoxy groups -OCH3 is 1. The summed E-state index contributed by atoms with van der Waals surface area (Å²) < 4.78 is 9.56. The molecule has 0 unspecified atom stereocenters. The van der Waals surface area contributed by atoms with Crippen LogP contribution in [0.3, 0.4) is 0 Å². The summed E-state index contributed by atoms with van der Waals surface area (Å²) in [6.07, 6.45) is 0.888. The zero-order valence-corrected chi connectivity index (χ0v) is 10.1. The quantitative estimate of drug-likeness (QED) is 0.741. The molecular formula is C11H14O4S. The Labute approximate surface area is 98.2 Å². The van der Waals surface area contributed by atoms with E-state index >= 15 is 0 Å². The van der Waals surface area contributed by atoms with Crippen LogP contribution in [0.1, 0.15) is 29.3 Å². The van der Waals surface area contributed by atoms with Gasteiger partial charge in [0.15, 0.2) is 0 Å². The fourth-order valence-corrected chi connectivity index (χ4v) is 1.97. The smallest absolute Gasteiger partial charge is 0.339 e. The predicted molar refractivity (Wildman–Crippen MR) is 60.6 cm³/mol. The summed E-state index contributed by atoms with van der Waals surface area (Å²) in [6.45, 7) is 2.32. The molecule has 88 valence electrons. The zero-order chi connectivity index (χ0) is 12.0. The third-order valence-corrected chi connectivity index (χ3v) is 2.75. The number of hydrogen-bond acceptors (Lipinski definition) is 5. The van der Waals surface area contributed by atoms with E-state index in [0.717, 1.165) is 6.42 Å². The van der Waals surface area contributed by atoms with Gasteiger partial charge in [0.05, 0.1) is 25.7 Å². The maximum Gasteiger partial charge on any atom is 0.339 e. The van der Waals surface area contributed by atoms with Crippen molar-refractivity contribution in [3.05, 3.63) is 21.9 Å². The lowest BCUT2D eigenvalue weighted by atomic mass is 10.1. The van der Waals surface area contributed by atoms with Gasteiger partial charge in [-0.25, -0.2) is 4.79 Å². The van der Waals surface area contributed by atoms with Gasteiger partial charge in [0.1, 0.15) is 0 Å². The third kappa shape index (κ3) is 3.34. The lowest BCUT2D eigenvalue weighted by molar-refractivity contribution is -0.139. The maximum atomic E-state index is 11.6. The summed E-state index contributed by atoms with van der Waals surface area (Å²) in [5.41, 5.74) is 1.13. The number of hydrogen-bond donors (Lipinski definition) is 0.